The van der Waals surface area contributed by atoms with Gasteiger partial charge in [0.15, 0.2) is 0 Å². The van der Waals surface area contributed by atoms with Crippen LogP contribution in [0.3, 0.4) is 0 Å². The second-order valence-corrected chi connectivity index (χ2v) is 7.09. The number of carbonyl (C=O) groups excluding carboxylic acids is 1. The molecule has 1 aromatic carbocycles. The Morgan fingerprint density at radius 2 is 2.24 bits per heavy atom. The lowest BCUT2D eigenvalue weighted by atomic mass is 9.74. The minimum absolute atomic E-state index is 0. The van der Waals surface area contributed by atoms with E-state index in [1.807, 2.05) is 25.1 Å². The Kier molecular flexibility index (Phi) is 7.04. The molecular formula is C16H25ClN2OS. The fraction of sp³-hybridized carbons (Fsp3) is 0.562. The molecule has 0 heterocycles. The van der Waals surface area contributed by atoms with Gasteiger partial charge in [0.25, 0.3) is 0 Å². The molecule has 2 rings (SSSR count). The number of amides is 1. The third-order valence-corrected chi connectivity index (χ3v) is 4.86. The van der Waals surface area contributed by atoms with Gasteiger partial charge < -0.3 is 11.1 Å². The highest BCUT2D eigenvalue weighted by molar-refractivity contribution is 7.99. The van der Waals surface area contributed by atoms with Gasteiger partial charge >= 0.3 is 0 Å². The number of hydrogen-bond donors (Lipinski definition) is 2. The van der Waals surface area contributed by atoms with E-state index in [-0.39, 0.29) is 29.8 Å². The van der Waals surface area contributed by atoms with E-state index in [1.165, 1.54) is 4.90 Å². The van der Waals surface area contributed by atoms with E-state index in [2.05, 4.69) is 18.3 Å². The summed E-state index contributed by atoms with van der Waals surface area (Å²) in [6.45, 7) is 4.12. The molecule has 0 spiro atoms. The van der Waals surface area contributed by atoms with Crippen molar-refractivity contribution in [2.45, 2.75) is 50.0 Å². The van der Waals surface area contributed by atoms with Crippen molar-refractivity contribution in [1.82, 2.24) is 0 Å². The number of nitrogens with one attached hydrogen (secondary N) is 1. The van der Waals surface area contributed by atoms with Crippen LogP contribution >= 0.6 is 24.2 Å². The first-order valence-electron chi connectivity index (χ1n) is 7.35. The van der Waals surface area contributed by atoms with Crippen molar-refractivity contribution in [2.24, 2.45) is 11.7 Å². The Morgan fingerprint density at radius 1 is 1.48 bits per heavy atom. The topological polar surface area (TPSA) is 55.1 Å². The number of halogens is 1. The van der Waals surface area contributed by atoms with Crippen molar-refractivity contribution < 1.29 is 4.79 Å². The minimum atomic E-state index is -0.377. The maximum absolute atomic E-state index is 12.5. The summed E-state index contributed by atoms with van der Waals surface area (Å²) >= 11 is 1.78. The highest BCUT2D eigenvalue weighted by atomic mass is 35.5. The van der Waals surface area contributed by atoms with Crippen LogP contribution in [-0.2, 0) is 4.79 Å². The largest absolute Gasteiger partial charge is 0.326 e. The smallest absolute Gasteiger partial charge is 0.229 e. The standard InChI is InChI=1S/C16H24N2OS.ClH/c1-3-20-13-8-6-7-12(11-13)18-15(19)14-9-4-5-10-16(14,2)17;/h6-8,11,14H,3-5,9-10,17H2,1-2H3,(H,18,19);1H. The number of benzene rings is 1. The van der Waals surface area contributed by atoms with Gasteiger partial charge in [-0.2, -0.15) is 0 Å². The number of carbonyl (C=O) groups is 1. The maximum atomic E-state index is 12.5. The summed E-state index contributed by atoms with van der Waals surface area (Å²) in [6, 6.07) is 8.02. The second kappa shape index (κ2) is 8.06. The number of nitrogens with two attached hydrogens (primary N) is 1. The first-order valence-corrected chi connectivity index (χ1v) is 8.34. The van der Waals surface area contributed by atoms with Gasteiger partial charge in [-0.1, -0.05) is 25.8 Å². The van der Waals surface area contributed by atoms with E-state index < -0.39 is 0 Å². The average Bonchev–Trinajstić information content (AvgIpc) is 2.38. The average molecular weight is 329 g/mol. The molecule has 2 atom stereocenters. The Morgan fingerprint density at radius 3 is 2.90 bits per heavy atom. The predicted octanol–water partition coefficient (Wildman–Crippen LogP) is 4.07. The molecule has 0 aromatic heterocycles. The van der Waals surface area contributed by atoms with Gasteiger partial charge in [0.1, 0.15) is 0 Å². The van der Waals surface area contributed by atoms with E-state index in [1.54, 1.807) is 11.8 Å². The number of anilines is 1. The molecule has 5 heteroatoms. The zero-order valence-electron chi connectivity index (χ0n) is 12.7. The summed E-state index contributed by atoms with van der Waals surface area (Å²) in [5.41, 5.74) is 6.78. The van der Waals surface area contributed by atoms with Crippen molar-refractivity contribution in [2.75, 3.05) is 11.1 Å². The predicted molar refractivity (Wildman–Crippen MR) is 93.3 cm³/mol. The van der Waals surface area contributed by atoms with E-state index in [0.29, 0.717) is 0 Å². The number of hydrogen-bond acceptors (Lipinski definition) is 3. The van der Waals surface area contributed by atoms with Crippen LogP contribution in [0.5, 0.6) is 0 Å². The SMILES string of the molecule is CCSc1cccc(NC(=O)C2CCCCC2(C)N)c1.Cl. The normalized spacial score (nSPS) is 25.0. The lowest BCUT2D eigenvalue weighted by Gasteiger charge is -2.37. The Balaban J connectivity index is 0.00000220. The molecular weight excluding hydrogens is 304 g/mol. The summed E-state index contributed by atoms with van der Waals surface area (Å²) in [7, 11) is 0. The zero-order valence-corrected chi connectivity index (χ0v) is 14.4. The summed E-state index contributed by atoms with van der Waals surface area (Å²) in [5.74, 6) is 1.01. The van der Waals surface area contributed by atoms with E-state index in [0.717, 1.165) is 37.1 Å². The molecule has 3 nitrogen and oxygen atoms in total. The molecule has 1 amide bonds. The van der Waals surface area contributed by atoms with E-state index in [9.17, 15) is 4.79 Å². The molecule has 2 unspecified atom stereocenters. The Hall–Kier alpha value is -0.710. The second-order valence-electron chi connectivity index (χ2n) is 5.75. The third-order valence-electron chi connectivity index (χ3n) is 3.98. The zero-order chi connectivity index (χ0) is 14.6. The van der Waals surface area contributed by atoms with E-state index >= 15 is 0 Å². The van der Waals surface area contributed by atoms with Crippen LogP contribution in [0.1, 0.15) is 39.5 Å². The number of thioether (sulfide) groups is 1. The van der Waals surface area contributed by atoms with Crippen LogP contribution in [-0.4, -0.2) is 17.2 Å². The van der Waals surface area contributed by atoms with Crippen LogP contribution in [0.25, 0.3) is 0 Å². The van der Waals surface area contributed by atoms with Gasteiger partial charge in [-0.15, -0.1) is 24.2 Å². The van der Waals surface area contributed by atoms with E-state index in [4.69, 9.17) is 5.73 Å². The van der Waals surface area contributed by atoms with Gasteiger partial charge in [0.2, 0.25) is 5.91 Å². The van der Waals surface area contributed by atoms with Crippen molar-refractivity contribution in [1.29, 1.82) is 0 Å². The number of rotatable bonds is 4. The highest BCUT2D eigenvalue weighted by Crippen LogP contribution is 2.32. The molecule has 0 saturated heterocycles. The molecule has 0 bridgehead atoms. The van der Waals surface area contributed by atoms with Crippen molar-refractivity contribution in [3.8, 4) is 0 Å². The first kappa shape index (κ1) is 18.3. The third kappa shape index (κ3) is 4.90. The van der Waals surface area contributed by atoms with Crippen LogP contribution in [0, 0.1) is 5.92 Å². The molecule has 1 saturated carbocycles. The highest BCUT2D eigenvalue weighted by Gasteiger charge is 2.37. The lowest BCUT2D eigenvalue weighted by molar-refractivity contribution is -0.122. The Bertz CT molecular complexity index is 479. The fourth-order valence-electron chi connectivity index (χ4n) is 2.85. The van der Waals surface area contributed by atoms with Crippen LogP contribution < -0.4 is 11.1 Å². The van der Waals surface area contributed by atoms with Gasteiger partial charge in [-0.05, 0) is 43.7 Å². The Labute approximate surface area is 137 Å². The van der Waals surface area contributed by atoms with Gasteiger partial charge in [0.05, 0.1) is 5.92 Å². The van der Waals surface area contributed by atoms with Crippen molar-refractivity contribution in [3.05, 3.63) is 24.3 Å². The van der Waals surface area contributed by atoms with Gasteiger partial charge in [-0.3, -0.25) is 4.79 Å². The minimum Gasteiger partial charge on any atom is -0.326 e. The molecule has 1 fully saturated rings. The van der Waals surface area contributed by atoms with Gasteiger partial charge in [0, 0.05) is 16.1 Å². The van der Waals surface area contributed by atoms with Crippen molar-refractivity contribution >= 4 is 35.8 Å². The summed E-state index contributed by atoms with van der Waals surface area (Å²) in [4.78, 5) is 13.6. The monoisotopic (exact) mass is 328 g/mol. The van der Waals surface area contributed by atoms with Crippen LogP contribution in [0.4, 0.5) is 5.69 Å². The molecule has 0 aliphatic heterocycles. The summed E-state index contributed by atoms with van der Waals surface area (Å²) in [5, 5.41) is 3.03. The maximum Gasteiger partial charge on any atom is 0.229 e. The van der Waals surface area contributed by atoms with Gasteiger partial charge in [-0.25, -0.2) is 0 Å². The van der Waals surface area contributed by atoms with Crippen molar-refractivity contribution in [3.63, 3.8) is 0 Å². The molecule has 0 radical (unpaired) electrons. The molecule has 1 aliphatic rings. The molecule has 118 valence electrons. The van der Waals surface area contributed by atoms with Crippen LogP contribution in [0.2, 0.25) is 0 Å². The first-order chi connectivity index (χ1) is 9.53. The molecule has 1 aromatic rings. The molecule has 1 aliphatic carbocycles. The quantitative estimate of drug-likeness (QED) is 0.819. The summed E-state index contributed by atoms with van der Waals surface area (Å²) in [6.07, 6.45) is 4.04. The molecule has 21 heavy (non-hydrogen) atoms. The van der Waals surface area contributed by atoms with Crippen LogP contribution in [0.15, 0.2) is 29.2 Å². The fourth-order valence-corrected chi connectivity index (χ4v) is 3.57. The molecule has 3 N–H and O–H groups in total. The summed E-state index contributed by atoms with van der Waals surface area (Å²) < 4.78 is 0. The lowest BCUT2D eigenvalue weighted by Crippen LogP contribution is -2.51.